The van der Waals surface area contributed by atoms with Gasteiger partial charge >= 0.3 is 5.88 Å². The summed E-state index contributed by atoms with van der Waals surface area (Å²) >= 11 is 0. The molecule has 1 aromatic heterocycles. The molecule has 2 fully saturated rings. The van der Waals surface area contributed by atoms with Gasteiger partial charge in [-0.15, -0.1) is 0 Å². The Morgan fingerprint density at radius 1 is 1.57 bits per heavy atom. The third-order valence-electron chi connectivity index (χ3n) is 4.77. The molecule has 0 saturated heterocycles. The molecule has 1 heterocycles. The number of nitrogens with zero attached hydrogens (tertiary/aromatic N) is 2. The second-order valence-electron chi connectivity index (χ2n) is 6.00. The summed E-state index contributed by atoms with van der Waals surface area (Å²) in [6.45, 7) is 2.17. The van der Waals surface area contributed by atoms with Crippen molar-refractivity contribution in [2.75, 3.05) is 0 Å². The number of hydrogen-bond donors (Lipinski definition) is 1. The number of amides is 1. The number of hydrogen-bond acceptors (Lipinski definition) is 5. The summed E-state index contributed by atoms with van der Waals surface area (Å²) in [4.78, 5) is 22.0. The Bertz CT molecular complexity index is 609. The largest absolute Gasteiger partial charge is 0.433 e. The number of carbonyl (C=O) groups excluding carboxylic acids is 1. The van der Waals surface area contributed by atoms with Gasteiger partial charge in [0.05, 0.1) is 12.3 Å². The Hall–Kier alpha value is -2.18. The third kappa shape index (κ3) is 2.43. The van der Waals surface area contributed by atoms with Gasteiger partial charge in [0.15, 0.2) is 5.76 Å². The number of rotatable bonds is 4. The van der Waals surface area contributed by atoms with Crippen LogP contribution in [0.4, 0.5) is 5.88 Å². The van der Waals surface area contributed by atoms with Crippen molar-refractivity contribution in [2.24, 2.45) is 22.4 Å². The van der Waals surface area contributed by atoms with Crippen LogP contribution in [0.25, 0.3) is 0 Å². The van der Waals surface area contributed by atoms with E-state index in [9.17, 15) is 14.9 Å². The maximum absolute atomic E-state index is 12.1. The number of nitrogens with one attached hydrogen (secondary N) is 1. The summed E-state index contributed by atoms with van der Waals surface area (Å²) in [7, 11) is 0. The maximum Gasteiger partial charge on any atom is 0.433 e. The fourth-order valence-corrected chi connectivity index (χ4v) is 3.59. The molecule has 7 nitrogen and oxygen atoms in total. The van der Waals surface area contributed by atoms with Crippen LogP contribution in [0, 0.1) is 27.4 Å². The summed E-state index contributed by atoms with van der Waals surface area (Å²) in [6, 6.07) is 2.69. The van der Waals surface area contributed by atoms with E-state index in [2.05, 4.69) is 17.5 Å². The first-order valence-corrected chi connectivity index (χ1v) is 7.09. The van der Waals surface area contributed by atoms with Crippen LogP contribution in [0.1, 0.15) is 38.4 Å². The summed E-state index contributed by atoms with van der Waals surface area (Å²) in [6.07, 6.45) is 5.88. The second kappa shape index (κ2) is 4.98. The zero-order valence-corrected chi connectivity index (χ0v) is 11.7. The van der Waals surface area contributed by atoms with Gasteiger partial charge in [0, 0.05) is 5.92 Å². The fraction of sp³-hybridized carbons (Fsp3) is 0.571. The smallest absolute Gasteiger partial charge is 0.400 e. The lowest BCUT2D eigenvalue weighted by atomic mass is 9.90. The first kappa shape index (κ1) is 13.8. The molecule has 2 aliphatic carbocycles. The van der Waals surface area contributed by atoms with E-state index in [1.54, 1.807) is 0 Å². The monoisotopic (exact) mass is 291 g/mol. The minimum absolute atomic E-state index is 0.0445. The lowest BCUT2D eigenvalue weighted by molar-refractivity contribution is -0.402. The van der Waals surface area contributed by atoms with Crippen molar-refractivity contribution in [1.82, 2.24) is 5.43 Å². The van der Waals surface area contributed by atoms with Gasteiger partial charge in [-0.3, -0.25) is 14.9 Å². The molecule has 1 aromatic rings. The van der Waals surface area contributed by atoms with E-state index in [0.717, 1.165) is 12.8 Å². The van der Waals surface area contributed by atoms with Crippen LogP contribution in [0.2, 0.25) is 0 Å². The Balaban J connectivity index is 1.56. The van der Waals surface area contributed by atoms with Crippen molar-refractivity contribution in [3.05, 3.63) is 28.0 Å². The Morgan fingerprint density at radius 3 is 3.00 bits per heavy atom. The highest BCUT2D eigenvalue weighted by molar-refractivity contribution is 5.85. The number of furan rings is 1. The molecule has 1 N–H and O–H groups in total. The molecule has 3 rings (SSSR count). The zero-order chi connectivity index (χ0) is 15.0. The van der Waals surface area contributed by atoms with Crippen molar-refractivity contribution in [2.45, 2.75) is 32.6 Å². The summed E-state index contributed by atoms with van der Waals surface area (Å²) in [5.74, 6) is 0.348. The fourth-order valence-electron chi connectivity index (χ4n) is 3.59. The normalized spacial score (nSPS) is 30.9. The SMILES string of the molecule is CC12CCCCC1C2C(=O)N/N=C/c1ccc([N+](=O)[O-])o1. The topological polar surface area (TPSA) is 97.7 Å². The zero-order valence-electron chi connectivity index (χ0n) is 11.7. The first-order chi connectivity index (χ1) is 10.0. The standard InChI is InChI=1S/C14H17N3O4/c1-14-7-3-2-4-10(14)12(14)13(18)16-15-8-9-5-6-11(21-9)17(19)20/h5-6,8,10,12H,2-4,7H2,1H3,(H,16,18)/b15-8+. The average Bonchev–Trinajstić information content (AvgIpc) is 2.80. The van der Waals surface area contributed by atoms with Crippen molar-refractivity contribution in [3.63, 3.8) is 0 Å². The molecule has 2 saturated carbocycles. The first-order valence-electron chi connectivity index (χ1n) is 7.09. The predicted octanol–water partition coefficient (Wildman–Crippen LogP) is 2.46. The number of hydrazone groups is 1. The van der Waals surface area contributed by atoms with Gasteiger partial charge in [-0.2, -0.15) is 5.10 Å². The Morgan fingerprint density at radius 2 is 2.38 bits per heavy atom. The van der Waals surface area contributed by atoms with E-state index in [1.165, 1.54) is 31.2 Å². The van der Waals surface area contributed by atoms with Gasteiger partial charge in [-0.25, -0.2) is 5.43 Å². The molecule has 2 aliphatic rings. The molecule has 0 radical (unpaired) electrons. The van der Waals surface area contributed by atoms with E-state index in [0.29, 0.717) is 5.92 Å². The lowest BCUT2D eigenvalue weighted by Crippen LogP contribution is -2.22. The molecular formula is C14H17N3O4. The van der Waals surface area contributed by atoms with Crippen LogP contribution in [-0.4, -0.2) is 17.0 Å². The van der Waals surface area contributed by atoms with Crippen LogP contribution < -0.4 is 5.43 Å². The summed E-state index contributed by atoms with van der Waals surface area (Å²) in [5.41, 5.74) is 2.65. The quantitative estimate of drug-likeness (QED) is 0.523. The van der Waals surface area contributed by atoms with Crippen LogP contribution in [-0.2, 0) is 4.79 Å². The number of carbonyl (C=O) groups is 1. The Labute approximate surface area is 121 Å². The molecule has 3 unspecified atom stereocenters. The van der Waals surface area contributed by atoms with Crippen LogP contribution >= 0.6 is 0 Å². The van der Waals surface area contributed by atoms with Gasteiger partial charge < -0.3 is 4.42 Å². The molecule has 0 aromatic carbocycles. The van der Waals surface area contributed by atoms with E-state index in [-0.39, 0.29) is 28.9 Å². The van der Waals surface area contributed by atoms with Gasteiger partial charge in [0.25, 0.3) is 0 Å². The van der Waals surface area contributed by atoms with Crippen LogP contribution in [0.15, 0.2) is 21.7 Å². The minimum Gasteiger partial charge on any atom is -0.400 e. The van der Waals surface area contributed by atoms with E-state index >= 15 is 0 Å². The highest BCUT2D eigenvalue weighted by atomic mass is 16.6. The highest BCUT2D eigenvalue weighted by Gasteiger charge is 2.64. The average molecular weight is 291 g/mol. The van der Waals surface area contributed by atoms with Crippen molar-refractivity contribution in [3.8, 4) is 0 Å². The van der Waals surface area contributed by atoms with E-state index in [4.69, 9.17) is 4.42 Å². The lowest BCUT2D eigenvalue weighted by Gasteiger charge is -2.15. The highest BCUT2D eigenvalue weighted by Crippen LogP contribution is 2.66. The molecule has 0 aliphatic heterocycles. The molecule has 1 amide bonds. The van der Waals surface area contributed by atoms with Crippen molar-refractivity contribution < 1.29 is 14.1 Å². The molecule has 21 heavy (non-hydrogen) atoms. The molecular weight excluding hydrogens is 274 g/mol. The predicted molar refractivity (Wildman–Crippen MR) is 74.7 cm³/mol. The van der Waals surface area contributed by atoms with Crippen molar-refractivity contribution >= 4 is 18.0 Å². The molecule has 112 valence electrons. The van der Waals surface area contributed by atoms with Gasteiger partial charge in [-0.05, 0) is 30.2 Å². The summed E-state index contributed by atoms with van der Waals surface area (Å²) < 4.78 is 4.92. The van der Waals surface area contributed by atoms with Crippen LogP contribution in [0.3, 0.4) is 0 Å². The van der Waals surface area contributed by atoms with Gasteiger partial charge in [-0.1, -0.05) is 19.8 Å². The van der Waals surface area contributed by atoms with E-state index < -0.39 is 4.92 Å². The molecule has 3 atom stereocenters. The third-order valence-corrected chi connectivity index (χ3v) is 4.77. The van der Waals surface area contributed by atoms with Crippen LogP contribution in [0.5, 0.6) is 0 Å². The number of fused-ring (bicyclic) bond motifs is 1. The van der Waals surface area contributed by atoms with E-state index in [1.807, 2.05) is 0 Å². The molecule has 0 spiro atoms. The number of nitro groups is 1. The van der Waals surface area contributed by atoms with Gasteiger partial charge in [0.1, 0.15) is 4.92 Å². The molecule has 0 bridgehead atoms. The van der Waals surface area contributed by atoms with Gasteiger partial charge in [0.2, 0.25) is 5.91 Å². The second-order valence-corrected chi connectivity index (χ2v) is 6.00. The summed E-state index contributed by atoms with van der Waals surface area (Å²) in [5, 5.41) is 14.3. The molecule has 7 heteroatoms. The minimum atomic E-state index is -0.619. The van der Waals surface area contributed by atoms with Crippen molar-refractivity contribution in [1.29, 1.82) is 0 Å². The maximum atomic E-state index is 12.1. The Kier molecular flexibility index (Phi) is 3.27.